The molecule has 0 fully saturated rings. The highest BCUT2D eigenvalue weighted by molar-refractivity contribution is 7.13. The molecule has 0 saturated carbocycles. The summed E-state index contributed by atoms with van der Waals surface area (Å²) in [5, 5.41) is 5.86. The molecule has 5 heteroatoms. The highest BCUT2D eigenvalue weighted by atomic mass is 32.1. The maximum absolute atomic E-state index is 12.2. The van der Waals surface area contributed by atoms with Crippen LogP contribution in [0.5, 0.6) is 0 Å². The summed E-state index contributed by atoms with van der Waals surface area (Å²) in [6.07, 6.45) is 0.305. The van der Waals surface area contributed by atoms with Crippen LogP contribution in [0.25, 0.3) is 10.6 Å². The standard InChI is InChI=1S/C20H21N3OS/c1-23(2)18-10-8-15(9-11-18)13-21-19(24)12-17-14-25-20(22-17)16-6-4-3-5-7-16/h3-11,14H,12-13H2,1-2H3,(H,21,24). The van der Waals surface area contributed by atoms with E-state index in [9.17, 15) is 4.79 Å². The molecule has 1 heterocycles. The lowest BCUT2D eigenvalue weighted by molar-refractivity contribution is -0.120. The Bertz CT molecular complexity index is 826. The van der Waals surface area contributed by atoms with Gasteiger partial charge >= 0.3 is 0 Å². The summed E-state index contributed by atoms with van der Waals surface area (Å²) < 4.78 is 0. The fraction of sp³-hybridized carbons (Fsp3) is 0.200. The molecule has 3 rings (SSSR count). The zero-order chi connectivity index (χ0) is 17.6. The first kappa shape index (κ1) is 17.2. The smallest absolute Gasteiger partial charge is 0.226 e. The topological polar surface area (TPSA) is 45.2 Å². The predicted octanol–water partition coefficient (Wildman–Crippen LogP) is 3.74. The minimum atomic E-state index is -0.0124. The first-order valence-electron chi connectivity index (χ1n) is 8.14. The Morgan fingerprint density at radius 2 is 1.80 bits per heavy atom. The minimum Gasteiger partial charge on any atom is -0.378 e. The second-order valence-electron chi connectivity index (χ2n) is 6.02. The molecule has 0 unspecified atom stereocenters. The third-order valence-corrected chi connectivity index (χ3v) is 4.80. The summed E-state index contributed by atoms with van der Waals surface area (Å²) in [6.45, 7) is 0.530. The number of amides is 1. The van der Waals surface area contributed by atoms with E-state index in [4.69, 9.17) is 0 Å². The molecular formula is C20H21N3OS. The van der Waals surface area contributed by atoms with Gasteiger partial charge in [0, 0.05) is 37.3 Å². The molecule has 0 radical (unpaired) electrons. The van der Waals surface area contributed by atoms with E-state index in [0.717, 1.165) is 27.5 Å². The Labute approximate surface area is 152 Å². The molecule has 3 aromatic rings. The number of rotatable bonds is 6. The quantitative estimate of drug-likeness (QED) is 0.736. The van der Waals surface area contributed by atoms with Gasteiger partial charge in [0.15, 0.2) is 0 Å². The van der Waals surface area contributed by atoms with Crippen molar-refractivity contribution in [2.45, 2.75) is 13.0 Å². The monoisotopic (exact) mass is 351 g/mol. The van der Waals surface area contributed by atoms with Crippen molar-refractivity contribution in [2.24, 2.45) is 0 Å². The number of hydrogen-bond donors (Lipinski definition) is 1. The molecule has 128 valence electrons. The Morgan fingerprint density at radius 3 is 2.48 bits per heavy atom. The molecule has 0 aliphatic carbocycles. The van der Waals surface area contributed by atoms with Gasteiger partial charge in [0.2, 0.25) is 5.91 Å². The van der Waals surface area contributed by atoms with Gasteiger partial charge in [-0.05, 0) is 17.7 Å². The Hall–Kier alpha value is -2.66. The van der Waals surface area contributed by atoms with Gasteiger partial charge in [0.1, 0.15) is 5.01 Å². The number of carbonyl (C=O) groups is 1. The third-order valence-electron chi connectivity index (χ3n) is 3.86. The van der Waals surface area contributed by atoms with Crippen molar-refractivity contribution >= 4 is 22.9 Å². The summed E-state index contributed by atoms with van der Waals surface area (Å²) in [5.41, 5.74) is 4.12. The number of benzene rings is 2. The Kier molecular flexibility index (Phi) is 5.46. The van der Waals surface area contributed by atoms with Crippen molar-refractivity contribution < 1.29 is 4.79 Å². The maximum atomic E-state index is 12.2. The molecule has 2 aromatic carbocycles. The SMILES string of the molecule is CN(C)c1ccc(CNC(=O)Cc2csc(-c3ccccc3)n2)cc1. The van der Waals surface area contributed by atoms with Crippen LogP contribution in [-0.2, 0) is 17.8 Å². The van der Waals surface area contributed by atoms with E-state index in [1.807, 2.05) is 74.1 Å². The fourth-order valence-electron chi connectivity index (χ4n) is 2.44. The van der Waals surface area contributed by atoms with Crippen molar-refractivity contribution in [1.29, 1.82) is 0 Å². The average molecular weight is 351 g/mol. The van der Waals surface area contributed by atoms with Crippen LogP contribution < -0.4 is 10.2 Å². The number of anilines is 1. The molecule has 1 aromatic heterocycles. The van der Waals surface area contributed by atoms with E-state index in [1.165, 1.54) is 0 Å². The van der Waals surface area contributed by atoms with Gasteiger partial charge < -0.3 is 10.2 Å². The van der Waals surface area contributed by atoms with Gasteiger partial charge in [-0.2, -0.15) is 0 Å². The van der Waals surface area contributed by atoms with Crippen LogP contribution in [0.15, 0.2) is 60.0 Å². The lowest BCUT2D eigenvalue weighted by Crippen LogP contribution is -2.24. The second kappa shape index (κ2) is 7.94. The van der Waals surface area contributed by atoms with E-state index in [0.29, 0.717) is 13.0 Å². The van der Waals surface area contributed by atoms with Crippen molar-refractivity contribution in [1.82, 2.24) is 10.3 Å². The van der Waals surface area contributed by atoms with Crippen molar-refractivity contribution in [3.8, 4) is 10.6 Å². The zero-order valence-electron chi connectivity index (χ0n) is 14.4. The molecule has 0 spiro atoms. The average Bonchev–Trinajstić information content (AvgIpc) is 3.09. The number of hydrogen-bond acceptors (Lipinski definition) is 4. The van der Waals surface area contributed by atoms with Crippen LogP contribution in [0, 0.1) is 0 Å². The zero-order valence-corrected chi connectivity index (χ0v) is 15.2. The molecule has 0 aliphatic rings. The van der Waals surface area contributed by atoms with Crippen LogP contribution in [0.1, 0.15) is 11.3 Å². The van der Waals surface area contributed by atoms with Gasteiger partial charge in [-0.25, -0.2) is 4.98 Å². The summed E-state index contributed by atoms with van der Waals surface area (Å²) in [6, 6.07) is 18.2. The first-order valence-corrected chi connectivity index (χ1v) is 9.02. The summed E-state index contributed by atoms with van der Waals surface area (Å²) >= 11 is 1.57. The highest BCUT2D eigenvalue weighted by Gasteiger charge is 2.09. The second-order valence-corrected chi connectivity index (χ2v) is 6.88. The van der Waals surface area contributed by atoms with Gasteiger partial charge in [-0.3, -0.25) is 4.79 Å². The van der Waals surface area contributed by atoms with E-state index >= 15 is 0 Å². The third kappa shape index (κ3) is 4.67. The van der Waals surface area contributed by atoms with Crippen LogP contribution in [0.4, 0.5) is 5.69 Å². The maximum Gasteiger partial charge on any atom is 0.226 e. The number of nitrogens with one attached hydrogen (secondary N) is 1. The Morgan fingerprint density at radius 1 is 1.08 bits per heavy atom. The van der Waals surface area contributed by atoms with Crippen molar-refractivity contribution in [3.05, 3.63) is 71.2 Å². The minimum absolute atomic E-state index is 0.0124. The molecule has 0 atom stereocenters. The van der Waals surface area contributed by atoms with Crippen LogP contribution in [0.3, 0.4) is 0 Å². The van der Waals surface area contributed by atoms with Crippen LogP contribution in [-0.4, -0.2) is 25.0 Å². The number of aromatic nitrogens is 1. The predicted molar refractivity (Wildman–Crippen MR) is 104 cm³/mol. The molecule has 25 heavy (non-hydrogen) atoms. The molecule has 1 amide bonds. The summed E-state index contributed by atoms with van der Waals surface area (Å²) in [4.78, 5) is 18.8. The summed E-state index contributed by atoms with van der Waals surface area (Å²) in [7, 11) is 4.02. The Balaban J connectivity index is 1.53. The van der Waals surface area contributed by atoms with E-state index in [1.54, 1.807) is 11.3 Å². The molecular weight excluding hydrogens is 330 g/mol. The normalized spacial score (nSPS) is 10.5. The van der Waals surface area contributed by atoms with E-state index in [2.05, 4.69) is 15.2 Å². The van der Waals surface area contributed by atoms with Crippen LogP contribution >= 0.6 is 11.3 Å². The van der Waals surface area contributed by atoms with E-state index < -0.39 is 0 Å². The van der Waals surface area contributed by atoms with E-state index in [-0.39, 0.29) is 5.91 Å². The van der Waals surface area contributed by atoms with Crippen LogP contribution in [0.2, 0.25) is 0 Å². The van der Waals surface area contributed by atoms with Gasteiger partial charge in [0.05, 0.1) is 12.1 Å². The number of carbonyl (C=O) groups excluding carboxylic acids is 1. The van der Waals surface area contributed by atoms with Gasteiger partial charge in [-0.15, -0.1) is 11.3 Å². The molecule has 0 aliphatic heterocycles. The first-order chi connectivity index (χ1) is 12.1. The molecule has 0 bridgehead atoms. The lowest BCUT2D eigenvalue weighted by Gasteiger charge is -2.12. The molecule has 0 saturated heterocycles. The highest BCUT2D eigenvalue weighted by Crippen LogP contribution is 2.23. The molecule has 1 N–H and O–H groups in total. The largest absolute Gasteiger partial charge is 0.378 e. The summed E-state index contributed by atoms with van der Waals surface area (Å²) in [5.74, 6) is -0.0124. The number of thiazole rings is 1. The molecule has 4 nitrogen and oxygen atoms in total. The van der Waals surface area contributed by atoms with Gasteiger partial charge in [0.25, 0.3) is 0 Å². The lowest BCUT2D eigenvalue weighted by atomic mass is 10.2. The van der Waals surface area contributed by atoms with Crippen molar-refractivity contribution in [3.63, 3.8) is 0 Å². The fourth-order valence-corrected chi connectivity index (χ4v) is 3.27. The van der Waals surface area contributed by atoms with Crippen molar-refractivity contribution in [2.75, 3.05) is 19.0 Å². The number of nitrogens with zero attached hydrogens (tertiary/aromatic N) is 2. The van der Waals surface area contributed by atoms with Gasteiger partial charge in [-0.1, -0.05) is 42.5 Å².